The SMILES string of the molecule is Cc1cccc(C(=O)Nc2ccc(OCc3cc(=O)n4nc(CC(C)C)sc4n3)cc2)c1. The normalized spacial score (nSPS) is 11.1. The fourth-order valence-corrected chi connectivity index (χ4v) is 4.31. The minimum atomic E-state index is -0.214. The lowest BCUT2D eigenvalue weighted by atomic mass is 10.1. The van der Waals surface area contributed by atoms with E-state index in [2.05, 4.69) is 29.2 Å². The maximum absolute atomic E-state index is 12.4. The number of amides is 1. The Hall–Kier alpha value is -3.52. The van der Waals surface area contributed by atoms with Crippen molar-refractivity contribution in [2.24, 2.45) is 5.92 Å². The monoisotopic (exact) mass is 448 g/mol. The molecule has 1 N–H and O–H groups in total. The number of hydrogen-bond donors (Lipinski definition) is 1. The van der Waals surface area contributed by atoms with E-state index in [0.29, 0.717) is 33.6 Å². The van der Waals surface area contributed by atoms with Crippen molar-refractivity contribution < 1.29 is 9.53 Å². The number of hydrogen-bond acceptors (Lipinski definition) is 6. The Bertz CT molecular complexity index is 1310. The highest BCUT2D eigenvalue weighted by Crippen LogP contribution is 2.19. The van der Waals surface area contributed by atoms with E-state index in [-0.39, 0.29) is 18.1 Å². The molecule has 0 atom stereocenters. The maximum atomic E-state index is 12.4. The van der Waals surface area contributed by atoms with Crippen LogP contribution in [0.5, 0.6) is 5.75 Å². The van der Waals surface area contributed by atoms with Crippen molar-refractivity contribution in [1.29, 1.82) is 0 Å². The van der Waals surface area contributed by atoms with Gasteiger partial charge in [0.05, 0.1) is 5.69 Å². The van der Waals surface area contributed by atoms with Gasteiger partial charge in [0, 0.05) is 23.7 Å². The van der Waals surface area contributed by atoms with Crippen LogP contribution in [0, 0.1) is 12.8 Å². The van der Waals surface area contributed by atoms with Crippen molar-refractivity contribution in [2.75, 3.05) is 5.32 Å². The summed E-state index contributed by atoms with van der Waals surface area (Å²) in [5, 5.41) is 8.12. The average Bonchev–Trinajstić information content (AvgIpc) is 3.15. The molecular formula is C24H24N4O3S. The fraction of sp³-hybridized carbons (Fsp3) is 0.250. The van der Waals surface area contributed by atoms with Crippen LogP contribution >= 0.6 is 11.3 Å². The van der Waals surface area contributed by atoms with Gasteiger partial charge in [0.25, 0.3) is 11.5 Å². The zero-order chi connectivity index (χ0) is 22.7. The first kappa shape index (κ1) is 21.7. The van der Waals surface area contributed by atoms with Gasteiger partial charge in [-0.1, -0.05) is 42.9 Å². The first-order valence-corrected chi connectivity index (χ1v) is 11.2. The number of benzene rings is 2. The minimum Gasteiger partial charge on any atom is -0.487 e. The zero-order valence-corrected chi connectivity index (χ0v) is 19.0. The van der Waals surface area contributed by atoms with Crippen molar-refractivity contribution in [3.63, 3.8) is 0 Å². The molecule has 0 unspecified atom stereocenters. The summed E-state index contributed by atoms with van der Waals surface area (Å²) < 4.78 is 7.13. The Kier molecular flexibility index (Phi) is 6.32. The summed E-state index contributed by atoms with van der Waals surface area (Å²) in [5.74, 6) is 0.908. The molecule has 4 aromatic rings. The van der Waals surface area contributed by atoms with Gasteiger partial charge in [-0.3, -0.25) is 9.59 Å². The molecule has 2 aromatic heterocycles. The third-order valence-corrected chi connectivity index (χ3v) is 5.63. The lowest BCUT2D eigenvalue weighted by Gasteiger charge is -2.08. The summed E-state index contributed by atoms with van der Waals surface area (Å²) in [5.41, 5.74) is 2.64. The number of fused-ring (bicyclic) bond motifs is 1. The van der Waals surface area contributed by atoms with E-state index in [1.165, 1.54) is 21.9 Å². The third kappa shape index (κ3) is 5.20. The van der Waals surface area contributed by atoms with E-state index in [1.54, 1.807) is 30.3 Å². The highest BCUT2D eigenvalue weighted by Gasteiger charge is 2.11. The number of ether oxygens (including phenoxy) is 1. The topological polar surface area (TPSA) is 85.6 Å². The van der Waals surface area contributed by atoms with E-state index in [4.69, 9.17) is 4.74 Å². The number of aryl methyl sites for hydroxylation is 1. The summed E-state index contributed by atoms with van der Waals surface area (Å²) >= 11 is 1.43. The molecule has 2 aromatic carbocycles. The second kappa shape index (κ2) is 9.32. The lowest BCUT2D eigenvalue weighted by Crippen LogP contribution is -2.16. The number of nitrogens with one attached hydrogen (secondary N) is 1. The van der Waals surface area contributed by atoms with Gasteiger partial charge in [-0.05, 0) is 49.2 Å². The van der Waals surface area contributed by atoms with Gasteiger partial charge < -0.3 is 10.1 Å². The summed E-state index contributed by atoms with van der Waals surface area (Å²) in [6, 6.07) is 16.0. The molecule has 8 heteroatoms. The molecule has 7 nitrogen and oxygen atoms in total. The van der Waals surface area contributed by atoms with Crippen LogP contribution in [-0.2, 0) is 13.0 Å². The number of carbonyl (C=O) groups is 1. The Morgan fingerprint density at radius 3 is 2.66 bits per heavy atom. The summed E-state index contributed by atoms with van der Waals surface area (Å²) in [4.78, 5) is 29.8. The van der Waals surface area contributed by atoms with Gasteiger partial charge in [0.1, 0.15) is 17.4 Å². The minimum absolute atomic E-state index is 0.165. The summed E-state index contributed by atoms with van der Waals surface area (Å²) in [7, 11) is 0. The third-order valence-electron chi connectivity index (χ3n) is 4.70. The molecule has 0 saturated carbocycles. The van der Waals surface area contributed by atoms with Gasteiger partial charge >= 0.3 is 0 Å². The van der Waals surface area contributed by atoms with Crippen LogP contribution in [0.2, 0.25) is 0 Å². The van der Waals surface area contributed by atoms with Crippen LogP contribution in [0.4, 0.5) is 5.69 Å². The molecule has 2 heterocycles. The number of nitrogens with zero attached hydrogens (tertiary/aromatic N) is 3. The number of rotatable bonds is 7. The Balaban J connectivity index is 1.40. The molecule has 0 fully saturated rings. The number of anilines is 1. The van der Waals surface area contributed by atoms with E-state index in [1.807, 2.05) is 25.1 Å². The Labute approximate surface area is 189 Å². The highest BCUT2D eigenvalue weighted by molar-refractivity contribution is 7.16. The van der Waals surface area contributed by atoms with Crippen molar-refractivity contribution in [1.82, 2.24) is 14.6 Å². The molecule has 0 bridgehead atoms. The van der Waals surface area contributed by atoms with Crippen LogP contribution in [-0.4, -0.2) is 20.5 Å². The van der Waals surface area contributed by atoms with Crippen LogP contribution in [0.1, 0.15) is 40.5 Å². The quantitative estimate of drug-likeness (QED) is 0.450. The predicted octanol–water partition coefficient (Wildman–Crippen LogP) is 4.49. The van der Waals surface area contributed by atoms with Gasteiger partial charge in [-0.15, -0.1) is 0 Å². The second-order valence-corrected chi connectivity index (χ2v) is 9.05. The number of aromatic nitrogens is 3. The van der Waals surface area contributed by atoms with Crippen molar-refractivity contribution >= 4 is 27.9 Å². The zero-order valence-electron chi connectivity index (χ0n) is 18.2. The van der Waals surface area contributed by atoms with Gasteiger partial charge in [0.15, 0.2) is 0 Å². The van der Waals surface area contributed by atoms with Crippen LogP contribution in [0.25, 0.3) is 4.96 Å². The van der Waals surface area contributed by atoms with Crippen molar-refractivity contribution in [3.8, 4) is 5.75 Å². The average molecular weight is 449 g/mol. The fourth-order valence-electron chi connectivity index (χ4n) is 3.18. The van der Waals surface area contributed by atoms with Crippen molar-refractivity contribution in [3.05, 3.63) is 86.8 Å². The lowest BCUT2D eigenvalue weighted by molar-refractivity contribution is 0.102. The molecular weight excluding hydrogens is 424 g/mol. The van der Waals surface area contributed by atoms with Crippen LogP contribution in [0.3, 0.4) is 0 Å². The van der Waals surface area contributed by atoms with Gasteiger partial charge in [-0.2, -0.15) is 9.61 Å². The highest BCUT2D eigenvalue weighted by atomic mass is 32.1. The molecule has 4 rings (SSSR count). The van der Waals surface area contributed by atoms with Crippen molar-refractivity contribution in [2.45, 2.75) is 33.8 Å². The van der Waals surface area contributed by atoms with Gasteiger partial charge in [-0.25, -0.2) is 4.98 Å². The first-order chi connectivity index (χ1) is 15.4. The molecule has 0 saturated heterocycles. The molecule has 0 aliphatic carbocycles. The van der Waals surface area contributed by atoms with Crippen LogP contribution < -0.4 is 15.6 Å². The summed E-state index contributed by atoms with van der Waals surface area (Å²) in [6.07, 6.45) is 0.812. The molecule has 0 aliphatic heterocycles. The molecule has 164 valence electrons. The van der Waals surface area contributed by atoms with E-state index in [9.17, 15) is 9.59 Å². The van der Waals surface area contributed by atoms with Gasteiger partial charge in [0.2, 0.25) is 4.96 Å². The molecule has 0 spiro atoms. The first-order valence-electron chi connectivity index (χ1n) is 10.4. The predicted molar refractivity (Wildman–Crippen MR) is 126 cm³/mol. The second-order valence-electron chi connectivity index (χ2n) is 8.01. The van der Waals surface area contributed by atoms with E-state index < -0.39 is 0 Å². The Morgan fingerprint density at radius 2 is 1.94 bits per heavy atom. The molecule has 0 radical (unpaired) electrons. The largest absolute Gasteiger partial charge is 0.487 e. The molecule has 1 amide bonds. The van der Waals surface area contributed by atoms with E-state index in [0.717, 1.165) is 17.0 Å². The standard InChI is InChI=1S/C24H24N4O3S/c1-15(2)11-21-27-28-22(29)13-19(26-24(28)32-21)14-31-20-9-7-18(8-10-20)25-23(30)17-6-4-5-16(3)12-17/h4-10,12-13,15H,11,14H2,1-3H3,(H,25,30). The maximum Gasteiger partial charge on any atom is 0.275 e. The van der Waals surface area contributed by atoms with Crippen LogP contribution in [0.15, 0.2) is 59.4 Å². The smallest absolute Gasteiger partial charge is 0.275 e. The van der Waals surface area contributed by atoms with E-state index >= 15 is 0 Å². The molecule has 0 aliphatic rings. The molecule has 32 heavy (non-hydrogen) atoms. The number of carbonyl (C=O) groups excluding carboxylic acids is 1. The Morgan fingerprint density at radius 1 is 1.16 bits per heavy atom. The summed E-state index contributed by atoms with van der Waals surface area (Å²) in [6.45, 7) is 6.34.